The van der Waals surface area contributed by atoms with Gasteiger partial charge in [-0.2, -0.15) is 10.2 Å². The standard InChI is InChI=1S/C22H27N7O/c1-6-30-22-17(8-7-9-23-22)18-10-19(24-11-16-12-25-28(5)13-16)21-20(26-18)15(4)27-29(21)14(2)3/h7-10,12-14H,6,11H2,1-5H3,(H,24,26). The van der Waals surface area contributed by atoms with Crippen molar-refractivity contribution in [2.45, 2.75) is 40.3 Å². The van der Waals surface area contributed by atoms with Crippen LogP contribution in [0.15, 0.2) is 36.8 Å². The maximum absolute atomic E-state index is 5.75. The van der Waals surface area contributed by atoms with Crippen molar-refractivity contribution in [3.63, 3.8) is 0 Å². The van der Waals surface area contributed by atoms with E-state index in [2.05, 4.69) is 35.3 Å². The number of pyridine rings is 2. The molecule has 30 heavy (non-hydrogen) atoms. The zero-order valence-electron chi connectivity index (χ0n) is 18.0. The van der Waals surface area contributed by atoms with Crippen molar-refractivity contribution in [1.82, 2.24) is 29.5 Å². The van der Waals surface area contributed by atoms with Crippen molar-refractivity contribution in [3.8, 4) is 17.1 Å². The molecule has 0 fully saturated rings. The number of anilines is 1. The Morgan fingerprint density at radius 3 is 2.80 bits per heavy atom. The van der Waals surface area contributed by atoms with Crippen LogP contribution in [0.5, 0.6) is 5.88 Å². The smallest absolute Gasteiger partial charge is 0.222 e. The molecule has 0 bridgehead atoms. The zero-order chi connectivity index (χ0) is 21.3. The average Bonchev–Trinajstić information content (AvgIpc) is 3.30. The van der Waals surface area contributed by atoms with Gasteiger partial charge in [0.1, 0.15) is 11.0 Å². The maximum atomic E-state index is 5.75. The van der Waals surface area contributed by atoms with Crippen molar-refractivity contribution in [1.29, 1.82) is 0 Å². The van der Waals surface area contributed by atoms with Crippen LogP contribution in [0.1, 0.15) is 38.1 Å². The van der Waals surface area contributed by atoms with Crippen molar-refractivity contribution in [3.05, 3.63) is 48.0 Å². The fourth-order valence-corrected chi connectivity index (χ4v) is 3.53. The Hall–Kier alpha value is -3.42. The number of ether oxygens (including phenoxy) is 1. The number of rotatable bonds is 7. The summed E-state index contributed by atoms with van der Waals surface area (Å²) in [5.74, 6) is 0.582. The van der Waals surface area contributed by atoms with Gasteiger partial charge in [-0.25, -0.2) is 9.97 Å². The summed E-state index contributed by atoms with van der Waals surface area (Å²) in [5.41, 5.74) is 6.51. The molecule has 8 nitrogen and oxygen atoms in total. The molecule has 0 radical (unpaired) electrons. The summed E-state index contributed by atoms with van der Waals surface area (Å²) in [7, 11) is 1.92. The largest absolute Gasteiger partial charge is 0.477 e. The first-order valence-corrected chi connectivity index (χ1v) is 10.2. The molecule has 0 saturated carbocycles. The van der Waals surface area contributed by atoms with Gasteiger partial charge in [-0.05, 0) is 45.9 Å². The number of hydrogen-bond donors (Lipinski definition) is 1. The zero-order valence-corrected chi connectivity index (χ0v) is 18.0. The Morgan fingerprint density at radius 1 is 1.27 bits per heavy atom. The second kappa shape index (κ2) is 8.14. The molecule has 4 heterocycles. The fraction of sp³-hybridized carbons (Fsp3) is 0.364. The monoisotopic (exact) mass is 405 g/mol. The molecule has 0 aliphatic rings. The predicted molar refractivity (Wildman–Crippen MR) is 118 cm³/mol. The summed E-state index contributed by atoms with van der Waals surface area (Å²) in [5, 5.41) is 12.6. The molecule has 0 aliphatic carbocycles. The van der Waals surface area contributed by atoms with Crippen LogP contribution in [0.3, 0.4) is 0 Å². The first-order chi connectivity index (χ1) is 14.5. The topological polar surface area (TPSA) is 82.7 Å². The molecule has 0 atom stereocenters. The highest BCUT2D eigenvalue weighted by atomic mass is 16.5. The van der Waals surface area contributed by atoms with Crippen LogP contribution in [-0.2, 0) is 13.6 Å². The highest BCUT2D eigenvalue weighted by Gasteiger charge is 2.19. The lowest BCUT2D eigenvalue weighted by atomic mass is 10.1. The summed E-state index contributed by atoms with van der Waals surface area (Å²) in [6, 6.07) is 6.15. The van der Waals surface area contributed by atoms with Gasteiger partial charge in [0, 0.05) is 37.6 Å². The van der Waals surface area contributed by atoms with Crippen molar-refractivity contribution >= 4 is 16.7 Å². The van der Waals surface area contributed by atoms with Crippen LogP contribution in [0, 0.1) is 6.92 Å². The molecular formula is C22H27N7O. The van der Waals surface area contributed by atoms with Crippen LogP contribution in [-0.4, -0.2) is 36.1 Å². The third-order valence-electron chi connectivity index (χ3n) is 4.88. The minimum Gasteiger partial charge on any atom is -0.477 e. The van der Waals surface area contributed by atoms with Gasteiger partial charge in [-0.15, -0.1) is 0 Å². The Balaban J connectivity index is 1.86. The molecular weight excluding hydrogens is 378 g/mol. The Labute approximate surface area is 175 Å². The predicted octanol–water partition coefficient (Wildman–Crippen LogP) is 4.13. The molecule has 0 saturated heterocycles. The molecule has 0 amide bonds. The summed E-state index contributed by atoms with van der Waals surface area (Å²) in [6.07, 6.45) is 5.60. The molecule has 8 heteroatoms. The first-order valence-electron chi connectivity index (χ1n) is 10.2. The maximum Gasteiger partial charge on any atom is 0.222 e. The van der Waals surface area contributed by atoms with E-state index in [9.17, 15) is 0 Å². The number of aryl methyl sites for hydroxylation is 2. The van der Waals surface area contributed by atoms with E-state index in [4.69, 9.17) is 14.8 Å². The molecule has 0 unspecified atom stereocenters. The normalized spacial score (nSPS) is 11.4. The Bertz CT molecular complexity index is 1180. The molecule has 156 valence electrons. The molecule has 1 N–H and O–H groups in total. The first kappa shape index (κ1) is 19.9. The lowest BCUT2D eigenvalue weighted by Gasteiger charge is -2.14. The van der Waals surface area contributed by atoms with E-state index >= 15 is 0 Å². The lowest BCUT2D eigenvalue weighted by molar-refractivity contribution is 0.328. The molecule has 0 aliphatic heterocycles. The minimum atomic E-state index is 0.213. The molecule has 4 rings (SSSR count). The van der Waals surface area contributed by atoms with Crippen LogP contribution < -0.4 is 10.1 Å². The number of aromatic nitrogens is 6. The van der Waals surface area contributed by atoms with Gasteiger partial charge < -0.3 is 10.1 Å². The van der Waals surface area contributed by atoms with E-state index < -0.39 is 0 Å². The molecule has 4 aromatic heterocycles. The second-order valence-electron chi connectivity index (χ2n) is 7.54. The van der Waals surface area contributed by atoms with Crippen LogP contribution in [0.2, 0.25) is 0 Å². The van der Waals surface area contributed by atoms with Gasteiger partial charge in [0.25, 0.3) is 0 Å². The van der Waals surface area contributed by atoms with E-state index in [1.54, 1.807) is 10.9 Å². The van der Waals surface area contributed by atoms with Crippen molar-refractivity contribution in [2.75, 3.05) is 11.9 Å². The van der Waals surface area contributed by atoms with Gasteiger partial charge in [-0.1, -0.05) is 0 Å². The number of nitrogens with one attached hydrogen (secondary N) is 1. The summed E-state index contributed by atoms with van der Waals surface area (Å²) in [4.78, 5) is 9.34. The van der Waals surface area contributed by atoms with Crippen LogP contribution >= 0.6 is 0 Å². The van der Waals surface area contributed by atoms with E-state index in [0.29, 0.717) is 19.0 Å². The summed E-state index contributed by atoms with van der Waals surface area (Å²) in [6.45, 7) is 9.39. The Morgan fingerprint density at radius 2 is 2.10 bits per heavy atom. The van der Waals surface area contributed by atoms with E-state index in [1.165, 1.54) is 0 Å². The number of hydrogen-bond acceptors (Lipinski definition) is 6. The van der Waals surface area contributed by atoms with E-state index in [-0.39, 0.29) is 6.04 Å². The fourth-order valence-electron chi connectivity index (χ4n) is 3.53. The average molecular weight is 406 g/mol. The Kier molecular flexibility index (Phi) is 5.39. The summed E-state index contributed by atoms with van der Waals surface area (Å²) < 4.78 is 9.58. The highest BCUT2D eigenvalue weighted by Crippen LogP contribution is 2.34. The lowest BCUT2D eigenvalue weighted by Crippen LogP contribution is -2.07. The van der Waals surface area contributed by atoms with Crippen LogP contribution in [0.25, 0.3) is 22.3 Å². The van der Waals surface area contributed by atoms with E-state index in [1.807, 2.05) is 50.1 Å². The van der Waals surface area contributed by atoms with Gasteiger partial charge in [0.2, 0.25) is 5.88 Å². The van der Waals surface area contributed by atoms with Gasteiger partial charge in [-0.3, -0.25) is 9.36 Å². The third kappa shape index (κ3) is 3.72. The van der Waals surface area contributed by atoms with Gasteiger partial charge in [0.15, 0.2) is 0 Å². The third-order valence-corrected chi connectivity index (χ3v) is 4.88. The summed E-state index contributed by atoms with van der Waals surface area (Å²) >= 11 is 0. The van der Waals surface area contributed by atoms with E-state index in [0.717, 1.165) is 39.2 Å². The quantitative estimate of drug-likeness (QED) is 0.498. The van der Waals surface area contributed by atoms with Crippen LogP contribution in [0.4, 0.5) is 5.69 Å². The minimum absolute atomic E-state index is 0.213. The van der Waals surface area contributed by atoms with Gasteiger partial charge >= 0.3 is 0 Å². The number of nitrogens with zero attached hydrogens (tertiary/aromatic N) is 6. The van der Waals surface area contributed by atoms with Crippen molar-refractivity contribution < 1.29 is 4.74 Å². The molecule has 0 aromatic carbocycles. The molecule has 0 spiro atoms. The van der Waals surface area contributed by atoms with Crippen molar-refractivity contribution in [2.24, 2.45) is 7.05 Å². The highest BCUT2D eigenvalue weighted by molar-refractivity contribution is 5.93. The SMILES string of the molecule is CCOc1ncccc1-c1cc(NCc2cnn(C)c2)c2c(n1)c(C)nn2C(C)C. The molecule has 4 aromatic rings. The number of fused-ring (bicyclic) bond motifs is 1. The second-order valence-corrected chi connectivity index (χ2v) is 7.54. The van der Waals surface area contributed by atoms with Gasteiger partial charge in [0.05, 0.1) is 35.4 Å².